The predicted molar refractivity (Wildman–Crippen MR) is 70.1 cm³/mol. The molecule has 0 unspecified atom stereocenters. The number of anilines is 1. The van der Waals surface area contributed by atoms with E-state index in [0.717, 1.165) is 0 Å². The Hall–Kier alpha value is -2.61. The van der Waals surface area contributed by atoms with Crippen LogP contribution in [0, 0.1) is 23.2 Å². The van der Waals surface area contributed by atoms with E-state index in [4.69, 9.17) is 5.26 Å². The van der Waals surface area contributed by atoms with Gasteiger partial charge in [-0.05, 0) is 37.1 Å². The average molecular weight is 269 g/mol. The fourth-order valence-corrected chi connectivity index (χ4v) is 2.23. The molecule has 0 fully saturated rings. The predicted octanol–water partition coefficient (Wildman–Crippen LogP) is 0.829. The first kappa shape index (κ1) is 13.8. The van der Waals surface area contributed by atoms with E-state index in [-0.39, 0.29) is 5.91 Å². The molecular weight excluding hydrogens is 256 g/mol. The zero-order valence-electron chi connectivity index (χ0n) is 10.7. The summed E-state index contributed by atoms with van der Waals surface area (Å²) < 4.78 is 0. The molecule has 0 bridgehead atoms. The number of hydrogen-bond acceptors (Lipinski definition) is 4. The Morgan fingerprint density at radius 3 is 2.30 bits per heavy atom. The topological polar surface area (TPSA) is 93.0 Å². The van der Waals surface area contributed by atoms with Crippen molar-refractivity contribution in [2.24, 2.45) is 11.8 Å². The second-order valence-electron chi connectivity index (χ2n) is 4.65. The number of nitriles is 1. The van der Waals surface area contributed by atoms with E-state index < -0.39 is 17.8 Å². The van der Waals surface area contributed by atoms with Gasteiger partial charge in [0.25, 0.3) is 0 Å². The molecule has 1 aromatic rings. The van der Waals surface area contributed by atoms with Gasteiger partial charge in [-0.2, -0.15) is 5.26 Å². The zero-order chi connectivity index (χ0) is 14.5. The number of allylic oxidation sites excluding steroid dienone is 2. The zero-order valence-corrected chi connectivity index (χ0v) is 10.7. The molecule has 0 saturated heterocycles. The van der Waals surface area contributed by atoms with Gasteiger partial charge in [0.15, 0.2) is 0 Å². The number of carboxylic acids is 1. The van der Waals surface area contributed by atoms with E-state index in [0.29, 0.717) is 24.1 Å². The van der Waals surface area contributed by atoms with Crippen molar-refractivity contribution in [3.05, 3.63) is 42.0 Å². The Morgan fingerprint density at radius 2 is 1.75 bits per heavy atom. The summed E-state index contributed by atoms with van der Waals surface area (Å²) in [6.45, 7) is 0. The van der Waals surface area contributed by atoms with E-state index in [1.54, 1.807) is 30.3 Å². The van der Waals surface area contributed by atoms with Gasteiger partial charge >= 0.3 is 0 Å². The summed E-state index contributed by atoms with van der Waals surface area (Å²) >= 11 is 0. The van der Waals surface area contributed by atoms with Crippen LogP contribution in [-0.4, -0.2) is 11.9 Å². The lowest BCUT2D eigenvalue weighted by Crippen LogP contribution is -2.41. The Bertz CT molecular complexity index is 584. The van der Waals surface area contributed by atoms with Gasteiger partial charge < -0.3 is 15.2 Å². The highest BCUT2D eigenvalue weighted by atomic mass is 16.4. The summed E-state index contributed by atoms with van der Waals surface area (Å²) in [5, 5.41) is 22.4. The largest absolute Gasteiger partial charge is 0.550 e. The first-order valence-corrected chi connectivity index (χ1v) is 6.28. The second-order valence-corrected chi connectivity index (χ2v) is 4.65. The van der Waals surface area contributed by atoms with E-state index >= 15 is 0 Å². The maximum absolute atomic E-state index is 12.1. The quantitative estimate of drug-likeness (QED) is 0.822. The van der Waals surface area contributed by atoms with E-state index in [1.165, 1.54) is 0 Å². The summed E-state index contributed by atoms with van der Waals surface area (Å²) in [5.41, 5.74) is 1.04. The van der Waals surface area contributed by atoms with Crippen LogP contribution >= 0.6 is 0 Å². The van der Waals surface area contributed by atoms with Gasteiger partial charge in [-0.1, -0.05) is 12.2 Å². The van der Waals surface area contributed by atoms with E-state index in [2.05, 4.69) is 5.32 Å². The van der Waals surface area contributed by atoms with Crippen LogP contribution in [0.15, 0.2) is 36.4 Å². The first-order valence-electron chi connectivity index (χ1n) is 6.28. The van der Waals surface area contributed by atoms with Gasteiger partial charge in [0.2, 0.25) is 5.91 Å². The number of benzene rings is 1. The van der Waals surface area contributed by atoms with Crippen molar-refractivity contribution in [3.63, 3.8) is 0 Å². The molecule has 0 spiro atoms. The molecule has 1 N–H and O–H groups in total. The third-order valence-corrected chi connectivity index (χ3v) is 3.35. The normalized spacial score (nSPS) is 20.9. The summed E-state index contributed by atoms with van der Waals surface area (Å²) in [4.78, 5) is 23.2. The molecule has 102 valence electrons. The number of carbonyl (C=O) groups is 2. The molecule has 1 amide bonds. The van der Waals surface area contributed by atoms with Crippen LogP contribution in [0.1, 0.15) is 18.4 Å². The van der Waals surface area contributed by atoms with Crippen LogP contribution < -0.4 is 10.4 Å². The van der Waals surface area contributed by atoms with Gasteiger partial charge in [-0.3, -0.25) is 4.79 Å². The molecule has 0 radical (unpaired) electrons. The average Bonchev–Trinajstić information content (AvgIpc) is 2.48. The Morgan fingerprint density at radius 1 is 1.15 bits per heavy atom. The number of aliphatic carboxylic acids is 1. The number of amides is 1. The van der Waals surface area contributed by atoms with Gasteiger partial charge in [0, 0.05) is 17.6 Å². The maximum Gasteiger partial charge on any atom is 0.228 e. The Balaban J connectivity index is 2.08. The molecule has 1 aliphatic rings. The number of nitrogens with one attached hydrogen (secondary N) is 1. The van der Waals surface area contributed by atoms with Crippen LogP contribution in [0.2, 0.25) is 0 Å². The fraction of sp³-hybridized carbons (Fsp3) is 0.267. The van der Waals surface area contributed by atoms with Crippen molar-refractivity contribution >= 4 is 17.6 Å². The summed E-state index contributed by atoms with van der Waals surface area (Å²) in [5.74, 6) is -2.96. The second kappa shape index (κ2) is 6.02. The highest BCUT2D eigenvalue weighted by molar-refractivity contribution is 5.95. The molecule has 2 atom stereocenters. The van der Waals surface area contributed by atoms with Crippen LogP contribution in [-0.2, 0) is 9.59 Å². The van der Waals surface area contributed by atoms with Gasteiger partial charge in [0.1, 0.15) is 0 Å². The van der Waals surface area contributed by atoms with Crippen LogP contribution in [0.5, 0.6) is 0 Å². The molecule has 0 saturated carbocycles. The molecule has 0 aromatic heterocycles. The molecular formula is C15H13N2O3-. The molecule has 1 aromatic carbocycles. The van der Waals surface area contributed by atoms with Crippen LogP contribution in [0.4, 0.5) is 5.69 Å². The number of rotatable bonds is 3. The summed E-state index contributed by atoms with van der Waals surface area (Å²) in [6.07, 6.45) is 4.27. The Kier molecular flexibility index (Phi) is 4.16. The molecule has 5 nitrogen and oxygen atoms in total. The SMILES string of the molecule is N#Cc1ccc(NC(=O)[C@@H]2CC=CC[C@H]2C(=O)[O-])cc1. The highest BCUT2D eigenvalue weighted by Crippen LogP contribution is 2.26. The van der Waals surface area contributed by atoms with E-state index in [1.807, 2.05) is 12.1 Å². The van der Waals surface area contributed by atoms with Crippen LogP contribution in [0.25, 0.3) is 0 Å². The fourth-order valence-electron chi connectivity index (χ4n) is 2.23. The van der Waals surface area contributed by atoms with Crippen LogP contribution in [0.3, 0.4) is 0 Å². The van der Waals surface area contributed by atoms with E-state index in [9.17, 15) is 14.7 Å². The van der Waals surface area contributed by atoms with Crippen molar-refractivity contribution in [1.82, 2.24) is 0 Å². The minimum atomic E-state index is -1.20. The third-order valence-electron chi connectivity index (χ3n) is 3.35. The van der Waals surface area contributed by atoms with Crippen molar-refractivity contribution in [2.75, 3.05) is 5.32 Å². The van der Waals surface area contributed by atoms with Crippen molar-refractivity contribution in [1.29, 1.82) is 5.26 Å². The number of nitrogens with zero attached hydrogens (tertiary/aromatic N) is 1. The van der Waals surface area contributed by atoms with Gasteiger partial charge in [-0.15, -0.1) is 0 Å². The molecule has 2 rings (SSSR count). The number of hydrogen-bond donors (Lipinski definition) is 1. The minimum absolute atomic E-state index is 0.313. The molecule has 20 heavy (non-hydrogen) atoms. The number of carboxylic acid groups (broad SMARTS) is 1. The lowest BCUT2D eigenvalue weighted by Gasteiger charge is -2.28. The Labute approximate surface area is 116 Å². The van der Waals surface area contributed by atoms with Crippen molar-refractivity contribution in [3.8, 4) is 6.07 Å². The summed E-state index contributed by atoms with van der Waals surface area (Å²) in [6, 6.07) is 8.39. The maximum atomic E-state index is 12.1. The minimum Gasteiger partial charge on any atom is -0.550 e. The smallest absolute Gasteiger partial charge is 0.228 e. The lowest BCUT2D eigenvalue weighted by molar-refractivity contribution is -0.313. The monoisotopic (exact) mass is 269 g/mol. The van der Waals surface area contributed by atoms with Crippen molar-refractivity contribution in [2.45, 2.75) is 12.8 Å². The first-order chi connectivity index (χ1) is 9.61. The highest BCUT2D eigenvalue weighted by Gasteiger charge is 2.29. The molecule has 0 heterocycles. The molecule has 1 aliphatic carbocycles. The number of carbonyl (C=O) groups excluding carboxylic acids is 2. The van der Waals surface area contributed by atoms with Gasteiger partial charge in [0.05, 0.1) is 17.6 Å². The van der Waals surface area contributed by atoms with Crippen molar-refractivity contribution < 1.29 is 14.7 Å². The lowest BCUT2D eigenvalue weighted by atomic mass is 9.82. The standard InChI is InChI=1S/C15H14N2O3/c16-9-10-5-7-11(8-6-10)17-14(18)12-3-1-2-4-13(12)15(19)20/h1-2,5-8,12-13H,3-4H2,(H,17,18)(H,19,20)/p-1/t12-,13-/m1/s1. The van der Waals surface area contributed by atoms with Gasteiger partial charge in [-0.25, -0.2) is 0 Å². The molecule has 0 aliphatic heterocycles. The summed E-state index contributed by atoms with van der Waals surface area (Å²) in [7, 11) is 0. The molecule has 5 heteroatoms. The third kappa shape index (κ3) is 3.04.